The van der Waals surface area contributed by atoms with Crippen molar-refractivity contribution in [3.05, 3.63) is 174 Å². The summed E-state index contributed by atoms with van der Waals surface area (Å²) < 4.78 is 33.4. The minimum absolute atomic E-state index is 0.00735. The van der Waals surface area contributed by atoms with Crippen LogP contribution in [-0.4, -0.2) is 14.5 Å². The van der Waals surface area contributed by atoms with Gasteiger partial charge in [0, 0.05) is 11.1 Å². The van der Waals surface area contributed by atoms with Crippen molar-refractivity contribution in [1.29, 1.82) is 0 Å². The first-order chi connectivity index (χ1) is 23.8. The molecule has 0 bridgehead atoms. The topological polar surface area (TPSA) is 43.4 Å². The second kappa shape index (κ2) is 11.3. The summed E-state index contributed by atoms with van der Waals surface area (Å²) in [5, 5.41) is 0. The van der Waals surface area contributed by atoms with Crippen LogP contribution in [0.5, 0.6) is 5.75 Å². The summed E-state index contributed by atoms with van der Waals surface area (Å²) >= 11 is 0. The summed E-state index contributed by atoms with van der Waals surface area (Å²) in [6.07, 6.45) is 8.43. The highest BCUT2D eigenvalue weighted by molar-refractivity contribution is 7.89. The molecule has 0 saturated heterocycles. The van der Waals surface area contributed by atoms with E-state index in [1.165, 1.54) is 5.56 Å². The van der Waals surface area contributed by atoms with E-state index in [-0.39, 0.29) is 23.0 Å². The van der Waals surface area contributed by atoms with Crippen molar-refractivity contribution in [3.63, 3.8) is 0 Å². The lowest BCUT2D eigenvalue weighted by Crippen LogP contribution is -2.32. The molecule has 49 heavy (non-hydrogen) atoms. The molecular formula is C45H34O3S. The smallest absolute Gasteiger partial charge is 0.158 e. The van der Waals surface area contributed by atoms with Crippen molar-refractivity contribution in [2.45, 2.75) is 29.9 Å². The Morgan fingerprint density at radius 2 is 1.12 bits per heavy atom. The minimum atomic E-state index is -3.36. The maximum atomic E-state index is 13.4. The van der Waals surface area contributed by atoms with Gasteiger partial charge < -0.3 is 4.74 Å². The molecule has 0 amide bonds. The summed E-state index contributed by atoms with van der Waals surface area (Å²) in [4.78, 5) is 0. The molecule has 0 aromatic heterocycles. The molecule has 1 aliphatic carbocycles. The van der Waals surface area contributed by atoms with E-state index in [9.17, 15) is 8.42 Å². The SMILES string of the molecule is CC12C=CC=CC1Oc1c(-c3ccc4c(c3)-c3cc(-c5cc(-c6ccccc6)cc(-c6ccccc6)c5)ccc3CS(=O)(=O)C4)cccc12. The van der Waals surface area contributed by atoms with Gasteiger partial charge in [0.05, 0.1) is 16.9 Å². The molecule has 0 saturated carbocycles. The van der Waals surface area contributed by atoms with Gasteiger partial charge in [-0.05, 0) is 105 Å². The standard InChI is InChI=1S/C45H34O3S/c1-45-22-9-8-17-43(45)48-44-39(15-10-16-42(44)45)33-19-21-35-29-49(46,47)28-34-20-18-32(26-40(34)41(35)27-33)38-24-36(30-11-4-2-5-12-30)23-37(25-38)31-13-6-3-7-14-31/h2-27,43H,28-29H2,1H3. The molecule has 2 unspecified atom stereocenters. The third-order valence-electron chi connectivity index (χ3n) is 10.3. The van der Waals surface area contributed by atoms with Crippen LogP contribution in [0, 0.1) is 0 Å². The van der Waals surface area contributed by atoms with Crippen molar-refractivity contribution in [2.75, 3.05) is 0 Å². The zero-order valence-electron chi connectivity index (χ0n) is 27.1. The van der Waals surface area contributed by atoms with Crippen LogP contribution in [0.3, 0.4) is 0 Å². The third kappa shape index (κ3) is 5.15. The van der Waals surface area contributed by atoms with Crippen LogP contribution in [0.1, 0.15) is 23.6 Å². The van der Waals surface area contributed by atoms with Crippen molar-refractivity contribution >= 4 is 9.84 Å². The van der Waals surface area contributed by atoms with Crippen LogP contribution in [0.15, 0.2) is 158 Å². The Balaban J connectivity index is 1.21. The molecule has 0 spiro atoms. The first-order valence-corrected chi connectivity index (χ1v) is 18.6. The highest BCUT2D eigenvalue weighted by atomic mass is 32.2. The summed E-state index contributed by atoms with van der Waals surface area (Å²) in [6.45, 7) is 2.23. The van der Waals surface area contributed by atoms with Gasteiger partial charge in [-0.25, -0.2) is 8.42 Å². The van der Waals surface area contributed by atoms with Gasteiger partial charge in [-0.3, -0.25) is 0 Å². The number of sulfone groups is 1. The summed E-state index contributed by atoms with van der Waals surface area (Å²) in [6, 6.07) is 46.5. The van der Waals surface area contributed by atoms with Gasteiger partial charge in [0.1, 0.15) is 11.9 Å². The predicted octanol–water partition coefficient (Wildman–Crippen LogP) is 10.6. The fourth-order valence-electron chi connectivity index (χ4n) is 7.73. The molecule has 3 aliphatic rings. The first-order valence-electron chi connectivity index (χ1n) is 16.7. The van der Waals surface area contributed by atoms with Crippen molar-refractivity contribution in [1.82, 2.24) is 0 Å². The molecule has 3 nitrogen and oxygen atoms in total. The van der Waals surface area contributed by atoms with Gasteiger partial charge in [0.15, 0.2) is 9.84 Å². The van der Waals surface area contributed by atoms with Gasteiger partial charge in [0.2, 0.25) is 0 Å². The molecular weight excluding hydrogens is 621 g/mol. The Labute approximate surface area is 287 Å². The van der Waals surface area contributed by atoms with E-state index in [0.717, 1.165) is 72.5 Å². The summed E-state index contributed by atoms with van der Waals surface area (Å²) in [5.74, 6) is 0.912. The third-order valence-corrected chi connectivity index (χ3v) is 11.8. The average Bonchev–Trinajstić information content (AvgIpc) is 3.38. The second-order valence-corrected chi connectivity index (χ2v) is 15.6. The van der Waals surface area contributed by atoms with Crippen LogP contribution in [0.2, 0.25) is 0 Å². The van der Waals surface area contributed by atoms with E-state index in [0.29, 0.717) is 0 Å². The lowest BCUT2D eigenvalue weighted by molar-refractivity contribution is 0.228. The number of ether oxygens (including phenoxy) is 1. The van der Waals surface area contributed by atoms with Gasteiger partial charge in [-0.1, -0.05) is 121 Å². The predicted molar refractivity (Wildman–Crippen MR) is 200 cm³/mol. The molecule has 238 valence electrons. The van der Waals surface area contributed by atoms with E-state index in [2.05, 4.69) is 128 Å². The Kier molecular flexibility index (Phi) is 6.86. The highest BCUT2D eigenvalue weighted by Crippen LogP contribution is 2.51. The Morgan fingerprint density at radius 3 is 1.76 bits per heavy atom. The Morgan fingerprint density at radius 1 is 0.551 bits per heavy atom. The van der Waals surface area contributed by atoms with E-state index in [1.807, 2.05) is 36.4 Å². The van der Waals surface area contributed by atoms with E-state index in [4.69, 9.17) is 4.74 Å². The van der Waals surface area contributed by atoms with Crippen molar-refractivity contribution in [2.24, 2.45) is 0 Å². The number of fused-ring (bicyclic) bond motifs is 6. The van der Waals surface area contributed by atoms with Gasteiger partial charge >= 0.3 is 0 Å². The van der Waals surface area contributed by atoms with Crippen LogP contribution in [0.25, 0.3) is 55.6 Å². The number of hydrogen-bond acceptors (Lipinski definition) is 3. The van der Waals surface area contributed by atoms with Gasteiger partial charge in [0.25, 0.3) is 0 Å². The molecule has 9 rings (SSSR count). The Bertz CT molecular complexity index is 2380. The van der Waals surface area contributed by atoms with Gasteiger partial charge in [-0.2, -0.15) is 0 Å². The lowest BCUT2D eigenvalue weighted by atomic mass is 9.76. The second-order valence-electron chi connectivity index (χ2n) is 13.6. The number of para-hydroxylation sites is 1. The molecule has 6 aromatic rings. The van der Waals surface area contributed by atoms with Crippen LogP contribution in [-0.2, 0) is 26.8 Å². The normalized spacial score (nSPS) is 19.6. The maximum absolute atomic E-state index is 13.4. The molecule has 4 heteroatoms. The lowest BCUT2D eigenvalue weighted by Gasteiger charge is -2.26. The van der Waals surface area contributed by atoms with E-state index < -0.39 is 9.84 Å². The fraction of sp³-hybridized carbons (Fsp3) is 0.111. The molecule has 2 aliphatic heterocycles. The zero-order valence-corrected chi connectivity index (χ0v) is 28.0. The molecule has 6 aromatic carbocycles. The molecule has 0 N–H and O–H groups in total. The maximum Gasteiger partial charge on any atom is 0.158 e. The minimum Gasteiger partial charge on any atom is -0.484 e. The van der Waals surface area contributed by atoms with E-state index >= 15 is 0 Å². The van der Waals surface area contributed by atoms with Crippen molar-refractivity contribution < 1.29 is 13.2 Å². The van der Waals surface area contributed by atoms with Crippen LogP contribution in [0.4, 0.5) is 0 Å². The van der Waals surface area contributed by atoms with E-state index in [1.54, 1.807) is 0 Å². The average molecular weight is 655 g/mol. The highest BCUT2D eigenvalue weighted by Gasteiger charge is 2.44. The van der Waals surface area contributed by atoms with Crippen LogP contribution < -0.4 is 4.74 Å². The monoisotopic (exact) mass is 654 g/mol. The molecule has 2 atom stereocenters. The number of hydrogen-bond donors (Lipinski definition) is 0. The molecule has 0 radical (unpaired) electrons. The first kappa shape index (κ1) is 29.7. The van der Waals surface area contributed by atoms with Crippen LogP contribution >= 0.6 is 0 Å². The molecule has 2 heterocycles. The fourth-order valence-corrected chi connectivity index (χ4v) is 9.28. The van der Waals surface area contributed by atoms with Crippen molar-refractivity contribution in [3.8, 4) is 61.4 Å². The summed E-state index contributed by atoms with van der Waals surface area (Å²) in [5.41, 5.74) is 13.2. The number of allylic oxidation sites excluding steroid dienone is 2. The summed E-state index contributed by atoms with van der Waals surface area (Å²) in [7, 11) is -3.36. The quantitative estimate of drug-likeness (QED) is 0.190. The Hall–Kier alpha value is -5.45. The zero-order chi connectivity index (χ0) is 33.2. The number of benzene rings is 6. The largest absolute Gasteiger partial charge is 0.484 e. The van der Waals surface area contributed by atoms with Gasteiger partial charge in [-0.15, -0.1) is 0 Å². The molecule has 0 fully saturated rings. The number of rotatable bonds is 4.